The minimum atomic E-state index is 0.518. The number of aryl methyl sites for hydroxylation is 2. The van der Waals surface area contributed by atoms with E-state index in [1.807, 2.05) is 0 Å². The Labute approximate surface area is 119 Å². The number of hydrogen-bond acceptors (Lipinski definition) is 1. The van der Waals surface area contributed by atoms with E-state index in [4.69, 9.17) is 0 Å². The van der Waals surface area contributed by atoms with Crippen LogP contribution in [0.25, 0.3) is 0 Å². The largest absolute Gasteiger partial charge is 0.310 e. The second-order valence-electron chi connectivity index (χ2n) is 5.73. The average molecular weight is 261 g/mol. The first-order valence-electron chi connectivity index (χ1n) is 7.94. The van der Waals surface area contributed by atoms with E-state index in [0.29, 0.717) is 6.04 Å². The first-order chi connectivity index (χ1) is 9.13. The Bertz CT molecular complexity index is 364. The molecule has 1 nitrogen and oxygen atoms in total. The Hall–Kier alpha value is -0.820. The van der Waals surface area contributed by atoms with Crippen molar-refractivity contribution in [3.8, 4) is 0 Å². The van der Waals surface area contributed by atoms with Gasteiger partial charge < -0.3 is 5.32 Å². The fourth-order valence-electron chi connectivity index (χ4n) is 3.06. The number of nitrogens with one attached hydrogen (secondary N) is 1. The lowest BCUT2D eigenvalue weighted by molar-refractivity contribution is 0.319. The zero-order valence-corrected chi connectivity index (χ0v) is 13.4. The fourth-order valence-corrected chi connectivity index (χ4v) is 3.06. The van der Waals surface area contributed by atoms with Gasteiger partial charge in [0.05, 0.1) is 0 Å². The summed E-state index contributed by atoms with van der Waals surface area (Å²) in [5.41, 5.74) is 4.30. The van der Waals surface area contributed by atoms with Crippen molar-refractivity contribution in [3.05, 3.63) is 34.9 Å². The highest BCUT2D eigenvalue weighted by molar-refractivity contribution is 5.33. The van der Waals surface area contributed by atoms with Crippen molar-refractivity contribution in [1.82, 2.24) is 5.32 Å². The summed E-state index contributed by atoms with van der Waals surface area (Å²) in [5, 5.41) is 3.74. The van der Waals surface area contributed by atoms with Gasteiger partial charge in [0.1, 0.15) is 0 Å². The molecule has 1 aromatic carbocycles. The van der Waals surface area contributed by atoms with Crippen molar-refractivity contribution in [3.63, 3.8) is 0 Å². The molecule has 1 aromatic rings. The van der Waals surface area contributed by atoms with Crippen LogP contribution in [-0.4, -0.2) is 6.54 Å². The molecule has 19 heavy (non-hydrogen) atoms. The Morgan fingerprint density at radius 2 is 1.63 bits per heavy atom. The maximum Gasteiger partial charge on any atom is 0.0351 e. The molecule has 0 aliphatic carbocycles. The van der Waals surface area contributed by atoms with E-state index in [1.165, 1.54) is 42.4 Å². The molecule has 0 heterocycles. The molecule has 1 N–H and O–H groups in total. The summed E-state index contributed by atoms with van der Waals surface area (Å²) in [6, 6.07) is 7.38. The summed E-state index contributed by atoms with van der Waals surface area (Å²) in [5.74, 6) is 0.760. The molecule has 0 saturated heterocycles. The Balaban J connectivity index is 3.05. The maximum atomic E-state index is 3.74. The van der Waals surface area contributed by atoms with Gasteiger partial charge in [-0.15, -0.1) is 0 Å². The van der Waals surface area contributed by atoms with Crippen LogP contribution in [0.2, 0.25) is 0 Å². The van der Waals surface area contributed by atoms with E-state index in [9.17, 15) is 0 Å². The van der Waals surface area contributed by atoms with Gasteiger partial charge in [-0.25, -0.2) is 0 Å². The third-order valence-corrected chi connectivity index (χ3v) is 3.98. The Morgan fingerprint density at radius 1 is 1.00 bits per heavy atom. The van der Waals surface area contributed by atoms with Crippen molar-refractivity contribution in [2.75, 3.05) is 6.54 Å². The van der Waals surface area contributed by atoms with Gasteiger partial charge in [0, 0.05) is 6.04 Å². The highest BCUT2D eigenvalue weighted by Gasteiger charge is 2.22. The minimum Gasteiger partial charge on any atom is -0.310 e. The van der Waals surface area contributed by atoms with E-state index < -0.39 is 0 Å². The lowest BCUT2D eigenvalue weighted by Crippen LogP contribution is -2.29. The minimum absolute atomic E-state index is 0.518. The summed E-state index contributed by atoms with van der Waals surface area (Å²) in [6.07, 6.45) is 5.19. The van der Waals surface area contributed by atoms with Crippen molar-refractivity contribution in [2.45, 2.75) is 66.3 Å². The van der Waals surface area contributed by atoms with Crippen LogP contribution in [0, 0.1) is 19.8 Å². The molecule has 0 aliphatic rings. The SMILES string of the molecule is CCCC(CCC)C(NCC)c1cc(C)ccc1C. The second kappa shape index (κ2) is 8.37. The molecular weight excluding hydrogens is 230 g/mol. The molecule has 0 aromatic heterocycles. The Morgan fingerprint density at radius 3 is 2.16 bits per heavy atom. The summed E-state index contributed by atoms with van der Waals surface area (Å²) >= 11 is 0. The van der Waals surface area contributed by atoms with Crippen molar-refractivity contribution < 1.29 is 0 Å². The normalized spacial score (nSPS) is 12.9. The van der Waals surface area contributed by atoms with Gasteiger partial charge in [0.25, 0.3) is 0 Å². The van der Waals surface area contributed by atoms with E-state index in [-0.39, 0.29) is 0 Å². The van der Waals surface area contributed by atoms with Gasteiger partial charge in [-0.3, -0.25) is 0 Å². The van der Waals surface area contributed by atoms with Gasteiger partial charge in [-0.05, 0) is 50.3 Å². The van der Waals surface area contributed by atoms with Crippen LogP contribution in [0.15, 0.2) is 18.2 Å². The Kier molecular flexibility index (Phi) is 7.15. The predicted molar refractivity (Wildman–Crippen MR) is 85.6 cm³/mol. The first kappa shape index (κ1) is 16.2. The van der Waals surface area contributed by atoms with Crippen LogP contribution in [0.1, 0.15) is 69.2 Å². The van der Waals surface area contributed by atoms with Gasteiger partial charge in [-0.2, -0.15) is 0 Å². The lowest BCUT2D eigenvalue weighted by atomic mass is 9.84. The van der Waals surface area contributed by atoms with Crippen LogP contribution in [0.4, 0.5) is 0 Å². The fraction of sp³-hybridized carbons (Fsp3) is 0.667. The molecule has 0 amide bonds. The van der Waals surface area contributed by atoms with Crippen LogP contribution in [0.3, 0.4) is 0 Å². The zero-order valence-electron chi connectivity index (χ0n) is 13.4. The smallest absolute Gasteiger partial charge is 0.0351 e. The average Bonchev–Trinajstić information content (AvgIpc) is 2.39. The van der Waals surface area contributed by atoms with E-state index in [1.54, 1.807) is 0 Å². The number of benzene rings is 1. The van der Waals surface area contributed by atoms with Gasteiger partial charge in [0.15, 0.2) is 0 Å². The molecule has 1 heteroatoms. The molecule has 1 rings (SSSR count). The van der Waals surface area contributed by atoms with Crippen LogP contribution in [-0.2, 0) is 0 Å². The summed E-state index contributed by atoms with van der Waals surface area (Å²) in [6.45, 7) is 12.3. The molecule has 108 valence electrons. The molecule has 0 aliphatic heterocycles. The summed E-state index contributed by atoms with van der Waals surface area (Å²) in [4.78, 5) is 0. The molecule has 0 radical (unpaired) electrons. The highest BCUT2D eigenvalue weighted by atomic mass is 14.9. The third kappa shape index (κ3) is 4.65. The van der Waals surface area contributed by atoms with Gasteiger partial charge >= 0.3 is 0 Å². The predicted octanol–water partition coefficient (Wildman–Crippen LogP) is 5.17. The number of rotatable bonds is 8. The molecule has 0 bridgehead atoms. The quantitative estimate of drug-likeness (QED) is 0.680. The van der Waals surface area contributed by atoms with Crippen molar-refractivity contribution in [1.29, 1.82) is 0 Å². The van der Waals surface area contributed by atoms with E-state index in [2.05, 4.69) is 58.1 Å². The van der Waals surface area contributed by atoms with Crippen LogP contribution < -0.4 is 5.32 Å². The molecule has 1 unspecified atom stereocenters. The summed E-state index contributed by atoms with van der Waals surface area (Å²) < 4.78 is 0. The molecule has 0 saturated carbocycles. The lowest BCUT2D eigenvalue weighted by Gasteiger charge is -2.29. The van der Waals surface area contributed by atoms with Crippen LogP contribution in [0.5, 0.6) is 0 Å². The molecule has 0 fully saturated rings. The standard InChI is InChI=1S/C18H31N/c1-6-9-16(10-7-2)18(19-8-3)17-13-14(4)11-12-15(17)5/h11-13,16,18-19H,6-10H2,1-5H3. The maximum absolute atomic E-state index is 3.74. The highest BCUT2D eigenvalue weighted by Crippen LogP contribution is 2.32. The second-order valence-corrected chi connectivity index (χ2v) is 5.73. The summed E-state index contributed by atoms with van der Waals surface area (Å²) in [7, 11) is 0. The van der Waals surface area contributed by atoms with E-state index in [0.717, 1.165) is 12.5 Å². The van der Waals surface area contributed by atoms with Gasteiger partial charge in [0.2, 0.25) is 0 Å². The van der Waals surface area contributed by atoms with Gasteiger partial charge in [-0.1, -0.05) is 57.4 Å². The topological polar surface area (TPSA) is 12.0 Å². The molecular formula is C18H31N. The molecule has 0 spiro atoms. The third-order valence-electron chi connectivity index (χ3n) is 3.98. The monoisotopic (exact) mass is 261 g/mol. The molecule has 1 atom stereocenters. The van der Waals surface area contributed by atoms with Crippen molar-refractivity contribution in [2.24, 2.45) is 5.92 Å². The zero-order chi connectivity index (χ0) is 14.3. The number of hydrogen-bond donors (Lipinski definition) is 1. The van der Waals surface area contributed by atoms with Crippen molar-refractivity contribution >= 4 is 0 Å². The van der Waals surface area contributed by atoms with E-state index >= 15 is 0 Å². The first-order valence-corrected chi connectivity index (χ1v) is 7.94. The van der Waals surface area contributed by atoms with Crippen LogP contribution >= 0.6 is 0 Å².